The summed E-state index contributed by atoms with van der Waals surface area (Å²) < 4.78 is 26.1. The van der Waals surface area contributed by atoms with E-state index in [0.717, 1.165) is 12.1 Å². The third-order valence-electron chi connectivity index (χ3n) is 2.29. The fraction of sp³-hybridized carbons (Fsp3) is 0.182. The highest BCUT2D eigenvalue weighted by Crippen LogP contribution is 2.29. The molecule has 2 aromatic rings. The number of aliphatic hydroxyl groups excluding tert-OH is 1. The Hall–Kier alpha value is -1.33. The second-order valence-electron chi connectivity index (χ2n) is 3.37. The van der Waals surface area contributed by atoms with Crippen LogP contribution in [-0.2, 0) is 0 Å². The van der Waals surface area contributed by atoms with Crippen molar-refractivity contribution in [3.63, 3.8) is 0 Å². The van der Waals surface area contributed by atoms with Gasteiger partial charge in [0.15, 0.2) is 0 Å². The van der Waals surface area contributed by atoms with E-state index < -0.39 is 17.7 Å². The van der Waals surface area contributed by atoms with Gasteiger partial charge in [-0.1, -0.05) is 6.07 Å². The second-order valence-corrected chi connectivity index (χ2v) is 4.26. The van der Waals surface area contributed by atoms with Crippen LogP contribution in [0.1, 0.15) is 22.2 Å². The Kier molecular flexibility index (Phi) is 2.98. The maximum atomic E-state index is 13.4. The van der Waals surface area contributed by atoms with Crippen LogP contribution in [0, 0.1) is 18.6 Å². The molecule has 1 aromatic carbocycles. The smallest absolute Gasteiger partial charge is 0.132 e. The molecule has 1 N–H and O–H groups in total. The second kappa shape index (κ2) is 4.27. The molecule has 1 heterocycles. The van der Waals surface area contributed by atoms with Gasteiger partial charge in [0.2, 0.25) is 0 Å². The molecule has 84 valence electrons. The van der Waals surface area contributed by atoms with Crippen molar-refractivity contribution < 1.29 is 13.9 Å². The van der Waals surface area contributed by atoms with Crippen molar-refractivity contribution >= 4 is 11.3 Å². The topological polar surface area (TPSA) is 33.1 Å². The minimum Gasteiger partial charge on any atom is -0.383 e. The highest BCUT2D eigenvalue weighted by atomic mass is 32.1. The molecule has 0 aliphatic rings. The molecular weight excluding hydrogens is 232 g/mol. The van der Waals surface area contributed by atoms with E-state index in [4.69, 9.17) is 0 Å². The summed E-state index contributed by atoms with van der Waals surface area (Å²) in [5, 5.41) is 9.94. The number of hydrogen-bond acceptors (Lipinski definition) is 3. The zero-order valence-electron chi connectivity index (χ0n) is 8.45. The molecule has 0 aliphatic carbocycles. The fourth-order valence-electron chi connectivity index (χ4n) is 1.44. The van der Waals surface area contributed by atoms with Crippen LogP contribution in [0.25, 0.3) is 0 Å². The highest BCUT2D eigenvalue weighted by Gasteiger charge is 2.19. The summed E-state index contributed by atoms with van der Waals surface area (Å²) in [7, 11) is 0. The summed E-state index contributed by atoms with van der Waals surface area (Å²) in [6.07, 6.45) is -1.09. The van der Waals surface area contributed by atoms with Crippen molar-refractivity contribution in [3.05, 3.63) is 51.5 Å². The van der Waals surface area contributed by atoms with Crippen LogP contribution >= 0.6 is 11.3 Å². The van der Waals surface area contributed by atoms with Crippen molar-refractivity contribution in [1.29, 1.82) is 0 Å². The first kappa shape index (κ1) is 11.2. The van der Waals surface area contributed by atoms with Gasteiger partial charge in [-0.3, -0.25) is 0 Å². The molecular formula is C11H9F2NOS. The molecule has 0 saturated carbocycles. The lowest BCUT2D eigenvalue weighted by Crippen LogP contribution is -2.02. The zero-order chi connectivity index (χ0) is 11.7. The number of thiazole rings is 1. The average molecular weight is 241 g/mol. The number of aliphatic hydroxyl groups is 1. The highest BCUT2D eigenvalue weighted by molar-refractivity contribution is 7.09. The Morgan fingerprint density at radius 1 is 1.38 bits per heavy atom. The summed E-state index contributed by atoms with van der Waals surface area (Å²) in [5.41, 5.74) is 2.30. The molecule has 0 saturated heterocycles. The Labute approximate surface area is 95.2 Å². The van der Waals surface area contributed by atoms with Gasteiger partial charge >= 0.3 is 0 Å². The molecule has 2 rings (SSSR count). The summed E-state index contributed by atoms with van der Waals surface area (Å²) in [4.78, 5) is 4.55. The van der Waals surface area contributed by atoms with Crippen molar-refractivity contribution in [1.82, 2.24) is 4.98 Å². The lowest BCUT2D eigenvalue weighted by Gasteiger charge is -2.10. The molecule has 2 nitrogen and oxygen atoms in total. The predicted octanol–water partition coefficient (Wildman–Crippen LogP) is 2.81. The predicted molar refractivity (Wildman–Crippen MR) is 57.3 cm³/mol. The van der Waals surface area contributed by atoms with Gasteiger partial charge in [0.25, 0.3) is 0 Å². The Balaban J connectivity index is 2.41. The number of benzene rings is 1. The number of aromatic nitrogens is 1. The summed E-state index contributed by atoms with van der Waals surface area (Å²) in [6, 6.07) is 3.13. The molecule has 0 amide bonds. The number of hydrogen-bond donors (Lipinski definition) is 1. The van der Waals surface area contributed by atoms with Gasteiger partial charge in [-0.25, -0.2) is 13.8 Å². The van der Waals surface area contributed by atoms with Crippen molar-refractivity contribution in [2.45, 2.75) is 13.0 Å². The minimum absolute atomic E-state index is 0.0637. The van der Waals surface area contributed by atoms with Gasteiger partial charge in [0.05, 0.1) is 16.1 Å². The fourth-order valence-corrected chi connectivity index (χ4v) is 2.24. The summed E-state index contributed by atoms with van der Waals surface area (Å²) in [5.74, 6) is -1.41. The van der Waals surface area contributed by atoms with Crippen LogP contribution in [-0.4, -0.2) is 10.1 Å². The first-order valence-electron chi connectivity index (χ1n) is 4.62. The van der Waals surface area contributed by atoms with E-state index >= 15 is 0 Å². The van der Waals surface area contributed by atoms with Crippen molar-refractivity contribution in [2.75, 3.05) is 0 Å². The van der Waals surface area contributed by atoms with E-state index in [0.29, 0.717) is 10.6 Å². The molecule has 0 radical (unpaired) electrons. The van der Waals surface area contributed by atoms with Crippen molar-refractivity contribution in [2.24, 2.45) is 0 Å². The normalized spacial score (nSPS) is 12.8. The lowest BCUT2D eigenvalue weighted by atomic mass is 10.1. The number of nitrogens with zero attached hydrogens (tertiary/aromatic N) is 1. The summed E-state index contributed by atoms with van der Waals surface area (Å²) in [6.45, 7) is 1.73. The van der Waals surface area contributed by atoms with E-state index in [-0.39, 0.29) is 5.56 Å². The third-order valence-corrected chi connectivity index (χ3v) is 3.27. The molecule has 1 aromatic heterocycles. The first-order chi connectivity index (χ1) is 7.59. The van der Waals surface area contributed by atoms with Gasteiger partial charge < -0.3 is 5.11 Å². The monoisotopic (exact) mass is 241 g/mol. The Bertz CT molecular complexity index is 512. The minimum atomic E-state index is -1.09. The van der Waals surface area contributed by atoms with Gasteiger partial charge in [-0.2, -0.15) is 0 Å². The largest absolute Gasteiger partial charge is 0.383 e. The maximum absolute atomic E-state index is 13.4. The Morgan fingerprint density at radius 3 is 2.69 bits per heavy atom. The zero-order valence-corrected chi connectivity index (χ0v) is 9.26. The van der Waals surface area contributed by atoms with Crippen molar-refractivity contribution in [3.8, 4) is 0 Å². The lowest BCUT2D eigenvalue weighted by molar-refractivity contribution is 0.217. The van der Waals surface area contributed by atoms with Gasteiger partial charge in [0, 0.05) is 11.6 Å². The molecule has 5 heteroatoms. The van der Waals surface area contributed by atoms with Gasteiger partial charge in [0.1, 0.15) is 17.7 Å². The van der Waals surface area contributed by atoms with E-state index in [2.05, 4.69) is 4.98 Å². The molecule has 0 bridgehead atoms. The number of aryl methyl sites for hydroxylation is 1. The SMILES string of the molecule is Cc1ncsc1C(O)c1ccc(F)cc1F. The molecule has 0 fully saturated rings. The molecule has 1 atom stereocenters. The van der Waals surface area contributed by atoms with Gasteiger partial charge in [-0.15, -0.1) is 11.3 Å². The van der Waals surface area contributed by atoms with Crippen LogP contribution in [0.2, 0.25) is 0 Å². The van der Waals surface area contributed by atoms with Gasteiger partial charge in [-0.05, 0) is 13.0 Å². The third kappa shape index (κ3) is 1.96. The van der Waals surface area contributed by atoms with Crippen LogP contribution in [0.3, 0.4) is 0 Å². The number of halogens is 2. The standard InChI is InChI=1S/C11H9F2NOS/c1-6-11(16-5-14-6)10(15)8-3-2-7(12)4-9(8)13/h2-5,10,15H,1H3. The van der Waals surface area contributed by atoms with Crippen LogP contribution in [0.4, 0.5) is 8.78 Å². The Morgan fingerprint density at radius 2 is 2.12 bits per heavy atom. The first-order valence-corrected chi connectivity index (χ1v) is 5.50. The number of rotatable bonds is 2. The van der Waals surface area contributed by atoms with E-state index in [1.807, 2.05) is 0 Å². The van der Waals surface area contributed by atoms with Crippen LogP contribution in [0.5, 0.6) is 0 Å². The average Bonchev–Trinajstić information content (AvgIpc) is 2.63. The van der Waals surface area contributed by atoms with E-state index in [1.165, 1.54) is 17.4 Å². The van der Waals surface area contributed by atoms with E-state index in [9.17, 15) is 13.9 Å². The molecule has 16 heavy (non-hydrogen) atoms. The quantitative estimate of drug-likeness (QED) is 0.877. The summed E-state index contributed by atoms with van der Waals surface area (Å²) >= 11 is 1.24. The van der Waals surface area contributed by atoms with Crippen LogP contribution in [0.15, 0.2) is 23.7 Å². The maximum Gasteiger partial charge on any atom is 0.132 e. The molecule has 1 unspecified atom stereocenters. The van der Waals surface area contributed by atoms with Crippen LogP contribution < -0.4 is 0 Å². The molecule has 0 spiro atoms. The van der Waals surface area contributed by atoms with E-state index in [1.54, 1.807) is 12.4 Å². The molecule has 0 aliphatic heterocycles.